The molecule has 5 nitrogen and oxygen atoms in total. The number of halogens is 2. The van der Waals surface area contributed by atoms with Gasteiger partial charge in [0.05, 0.1) is 18.3 Å². The van der Waals surface area contributed by atoms with Crippen LogP contribution in [0.15, 0.2) is 60.8 Å². The van der Waals surface area contributed by atoms with E-state index in [1.54, 1.807) is 4.90 Å². The summed E-state index contributed by atoms with van der Waals surface area (Å²) < 4.78 is 35.5. The molecular formula is C24H25F2N3O2. The Morgan fingerprint density at radius 2 is 1.90 bits per heavy atom. The predicted octanol–water partition coefficient (Wildman–Crippen LogP) is 4.80. The van der Waals surface area contributed by atoms with E-state index in [9.17, 15) is 13.6 Å². The predicted molar refractivity (Wildman–Crippen MR) is 114 cm³/mol. The van der Waals surface area contributed by atoms with Crippen LogP contribution in [0.2, 0.25) is 0 Å². The van der Waals surface area contributed by atoms with E-state index in [1.807, 2.05) is 54.1 Å². The summed E-state index contributed by atoms with van der Waals surface area (Å²) in [4.78, 5) is 14.9. The molecule has 31 heavy (non-hydrogen) atoms. The number of carbonyl (C=O) groups is 1. The largest absolute Gasteiger partial charge is 0.382 e. The number of aromatic nitrogens is 1. The maximum Gasteiger partial charge on any atom is 0.318 e. The number of fused-ring (bicyclic) bond motifs is 3. The molecule has 3 aromatic rings. The van der Waals surface area contributed by atoms with E-state index in [1.165, 1.54) is 12.1 Å². The Hall–Kier alpha value is -3.19. The summed E-state index contributed by atoms with van der Waals surface area (Å²) in [6.07, 6.45) is 2.58. The Kier molecular flexibility index (Phi) is 6.32. The molecule has 0 saturated carbocycles. The lowest BCUT2D eigenvalue weighted by Gasteiger charge is -2.31. The maximum absolute atomic E-state index is 14.1. The fourth-order valence-electron chi connectivity index (χ4n) is 4.04. The van der Waals surface area contributed by atoms with Gasteiger partial charge >= 0.3 is 6.03 Å². The van der Waals surface area contributed by atoms with E-state index >= 15 is 0 Å². The van der Waals surface area contributed by atoms with Crippen molar-refractivity contribution >= 4 is 6.03 Å². The Balaban J connectivity index is 1.74. The molecule has 1 aliphatic rings. The van der Waals surface area contributed by atoms with E-state index < -0.39 is 17.7 Å². The molecule has 0 bridgehead atoms. The van der Waals surface area contributed by atoms with Gasteiger partial charge < -0.3 is 19.5 Å². The highest BCUT2D eigenvalue weighted by Gasteiger charge is 2.33. The maximum atomic E-state index is 14.1. The average Bonchev–Trinajstić information content (AvgIpc) is 3.17. The summed E-state index contributed by atoms with van der Waals surface area (Å²) in [7, 11) is 0. The first-order valence-electron chi connectivity index (χ1n) is 10.4. The van der Waals surface area contributed by atoms with Gasteiger partial charge in [0.25, 0.3) is 0 Å². The molecule has 1 unspecified atom stereocenters. The molecule has 0 fully saturated rings. The van der Waals surface area contributed by atoms with E-state index in [2.05, 4.69) is 5.32 Å². The van der Waals surface area contributed by atoms with Crippen molar-refractivity contribution < 1.29 is 18.3 Å². The summed E-state index contributed by atoms with van der Waals surface area (Å²) in [6.45, 7) is 3.85. The minimum absolute atomic E-state index is 0.296. The average molecular weight is 425 g/mol. The number of ether oxygens (including phenoxy) is 1. The molecule has 1 aromatic heterocycles. The van der Waals surface area contributed by atoms with Gasteiger partial charge in [-0.1, -0.05) is 18.2 Å². The molecule has 162 valence electrons. The highest BCUT2D eigenvalue weighted by molar-refractivity contribution is 5.76. The summed E-state index contributed by atoms with van der Waals surface area (Å²) in [5, 5.41) is 2.93. The summed E-state index contributed by atoms with van der Waals surface area (Å²) in [5.74, 6) is -1.35. The highest BCUT2D eigenvalue weighted by Crippen LogP contribution is 2.37. The molecule has 1 N–H and O–H groups in total. The van der Waals surface area contributed by atoms with Crippen molar-refractivity contribution in [1.29, 1.82) is 0 Å². The SMILES string of the molecule is CCOCCCNC(=O)N1Cc2ccccc2-n2cccc2C1c1cc(F)cc(F)c1. The first-order chi connectivity index (χ1) is 15.1. The molecule has 2 amide bonds. The fourth-order valence-corrected chi connectivity index (χ4v) is 4.04. The van der Waals surface area contributed by atoms with Crippen LogP contribution in [0.1, 0.15) is 36.2 Å². The van der Waals surface area contributed by atoms with E-state index in [-0.39, 0.29) is 6.03 Å². The highest BCUT2D eigenvalue weighted by atomic mass is 19.1. The number of nitrogens with one attached hydrogen (secondary N) is 1. The van der Waals surface area contributed by atoms with Gasteiger partial charge in [-0.2, -0.15) is 0 Å². The lowest BCUT2D eigenvalue weighted by atomic mass is 10.0. The Bertz CT molecular complexity index is 1050. The number of hydrogen-bond acceptors (Lipinski definition) is 2. The zero-order valence-electron chi connectivity index (χ0n) is 17.4. The molecule has 0 aliphatic carbocycles. The minimum atomic E-state index is -0.674. The van der Waals surface area contributed by atoms with Gasteiger partial charge in [0, 0.05) is 37.7 Å². The standard InChI is InChI=1S/C24H25F2N3O2/c1-2-31-12-6-10-27-24(30)29-16-17-7-3-4-8-21(17)28-11-5-9-22(28)23(29)18-13-19(25)15-20(26)14-18/h3-5,7-9,11,13-15,23H,2,6,10,12,16H2,1H3,(H,27,30). The first-order valence-corrected chi connectivity index (χ1v) is 10.4. The van der Waals surface area contributed by atoms with Gasteiger partial charge in [-0.05, 0) is 54.8 Å². The second kappa shape index (κ2) is 9.31. The van der Waals surface area contributed by atoms with Gasteiger partial charge in [0.2, 0.25) is 0 Å². The fraction of sp³-hybridized carbons (Fsp3) is 0.292. The lowest BCUT2D eigenvalue weighted by molar-refractivity contribution is 0.143. The third kappa shape index (κ3) is 4.46. The topological polar surface area (TPSA) is 46.5 Å². The van der Waals surface area contributed by atoms with Gasteiger partial charge in [-0.25, -0.2) is 13.6 Å². The molecular weight excluding hydrogens is 400 g/mol. The Morgan fingerprint density at radius 3 is 2.68 bits per heavy atom. The summed E-state index contributed by atoms with van der Waals surface area (Å²) in [5.41, 5.74) is 3.04. The van der Waals surface area contributed by atoms with E-state index in [0.29, 0.717) is 38.3 Å². The Morgan fingerprint density at radius 1 is 1.13 bits per heavy atom. The smallest absolute Gasteiger partial charge is 0.318 e. The number of rotatable bonds is 6. The molecule has 7 heteroatoms. The monoisotopic (exact) mass is 425 g/mol. The van der Waals surface area contributed by atoms with Crippen molar-refractivity contribution in [1.82, 2.24) is 14.8 Å². The minimum Gasteiger partial charge on any atom is -0.382 e. The molecule has 0 saturated heterocycles. The molecule has 1 atom stereocenters. The van der Waals surface area contributed by atoms with Crippen molar-refractivity contribution in [2.24, 2.45) is 0 Å². The van der Waals surface area contributed by atoms with Crippen molar-refractivity contribution in [3.8, 4) is 5.69 Å². The van der Waals surface area contributed by atoms with Gasteiger partial charge in [0.1, 0.15) is 11.6 Å². The van der Waals surface area contributed by atoms with Crippen LogP contribution in [-0.2, 0) is 11.3 Å². The molecule has 0 spiro atoms. The van der Waals surface area contributed by atoms with E-state index in [0.717, 1.165) is 23.0 Å². The van der Waals surface area contributed by atoms with Crippen molar-refractivity contribution in [3.05, 3.63) is 89.2 Å². The third-order valence-corrected chi connectivity index (χ3v) is 5.37. The van der Waals surface area contributed by atoms with Crippen molar-refractivity contribution in [3.63, 3.8) is 0 Å². The van der Waals surface area contributed by atoms with Gasteiger partial charge in [-0.3, -0.25) is 0 Å². The number of urea groups is 1. The van der Waals surface area contributed by atoms with E-state index in [4.69, 9.17) is 4.74 Å². The normalized spacial score (nSPS) is 15.2. The molecule has 2 aromatic carbocycles. The quantitative estimate of drug-likeness (QED) is 0.577. The number of nitrogens with zero attached hydrogens (tertiary/aromatic N) is 2. The molecule has 1 aliphatic heterocycles. The van der Waals surface area contributed by atoms with Crippen LogP contribution in [0.3, 0.4) is 0 Å². The van der Waals surface area contributed by atoms with Crippen LogP contribution < -0.4 is 5.32 Å². The van der Waals surface area contributed by atoms with Crippen molar-refractivity contribution in [2.45, 2.75) is 25.9 Å². The van der Waals surface area contributed by atoms with Crippen LogP contribution >= 0.6 is 0 Å². The third-order valence-electron chi connectivity index (χ3n) is 5.37. The summed E-state index contributed by atoms with van der Waals surface area (Å²) in [6, 6.07) is 14.0. The molecule has 2 heterocycles. The first kappa shape index (κ1) is 21.1. The number of amides is 2. The van der Waals surface area contributed by atoms with Crippen LogP contribution in [0, 0.1) is 11.6 Å². The van der Waals surface area contributed by atoms with Crippen LogP contribution in [0.5, 0.6) is 0 Å². The van der Waals surface area contributed by atoms with Gasteiger partial charge in [0.15, 0.2) is 0 Å². The molecule has 0 radical (unpaired) electrons. The van der Waals surface area contributed by atoms with Crippen molar-refractivity contribution in [2.75, 3.05) is 19.8 Å². The van der Waals surface area contributed by atoms with Crippen LogP contribution in [0.4, 0.5) is 13.6 Å². The van der Waals surface area contributed by atoms with Gasteiger partial charge in [-0.15, -0.1) is 0 Å². The number of benzene rings is 2. The zero-order chi connectivity index (χ0) is 21.8. The second-order valence-corrected chi connectivity index (χ2v) is 7.45. The molecule has 4 rings (SSSR count). The lowest BCUT2D eigenvalue weighted by Crippen LogP contribution is -2.42. The number of para-hydroxylation sites is 1. The summed E-state index contributed by atoms with van der Waals surface area (Å²) >= 11 is 0. The second-order valence-electron chi connectivity index (χ2n) is 7.45. The Labute approximate surface area is 180 Å². The van der Waals surface area contributed by atoms with Crippen LogP contribution in [-0.4, -0.2) is 35.3 Å². The van der Waals surface area contributed by atoms with Crippen LogP contribution in [0.25, 0.3) is 5.69 Å². The number of hydrogen-bond donors (Lipinski definition) is 1. The zero-order valence-corrected chi connectivity index (χ0v) is 17.4. The number of carbonyl (C=O) groups excluding carboxylic acids is 1.